The Bertz CT molecular complexity index is 1350. The Morgan fingerprint density at radius 3 is 2.29 bits per heavy atom. The summed E-state index contributed by atoms with van der Waals surface area (Å²) in [6.07, 6.45) is 0. The number of halogens is 1. The van der Waals surface area contributed by atoms with Gasteiger partial charge in [-0.25, -0.2) is 13.2 Å². The van der Waals surface area contributed by atoms with E-state index in [2.05, 4.69) is 5.32 Å². The average Bonchev–Trinajstić information content (AvgIpc) is 2.81. The minimum atomic E-state index is -4.09. The van der Waals surface area contributed by atoms with Crippen LogP contribution in [-0.4, -0.2) is 33.4 Å². The van der Waals surface area contributed by atoms with Crippen LogP contribution in [0.1, 0.15) is 34.0 Å². The molecule has 0 spiro atoms. The van der Waals surface area contributed by atoms with Crippen LogP contribution in [0.4, 0.5) is 11.4 Å². The van der Waals surface area contributed by atoms with Crippen LogP contribution in [0, 0.1) is 20.8 Å². The molecular formula is C26H27ClN2O5S. The summed E-state index contributed by atoms with van der Waals surface area (Å²) in [6, 6.07) is 15.8. The summed E-state index contributed by atoms with van der Waals surface area (Å²) >= 11 is 5.94. The number of rotatable bonds is 8. The van der Waals surface area contributed by atoms with Crippen LogP contribution >= 0.6 is 11.6 Å². The van der Waals surface area contributed by atoms with Crippen molar-refractivity contribution in [1.82, 2.24) is 0 Å². The van der Waals surface area contributed by atoms with E-state index < -0.39 is 28.4 Å². The number of nitrogens with zero attached hydrogens (tertiary/aromatic N) is 1. The van der Waals surface area contributed by atoms with Crippen LogP contribution in [0.5, 0.6) is 0 Å². The van der Waals surface area contributed by atoms with Crippen molar-refractivity contribution in [3.05, 3.63) is 87.9 Å². The van der Waals surface area contributed by atoms with Crippen LogP contribution in [0.25, 0.3) is 0 Å². The van der Waals surface area contributed by atoms with Gasteiger partial charge in [0.2, 0.25) is 5.91 Å². The number of aryl methyl sites for hydroxylation is 2. The molecule has 0 aliphatic rings. The Kier molecular flexibility index (Phi) is 8.19. The molecule has 3 rings (SSSR count). The lowest BCUT2D eigenvalue weighted by Gasteiger charge is -2.25. The van der Waals surface area contributed by atoms with E-state index >= 15 is 0 Å². The first-order valence-corrected chi connectivity index (χ1v) is 12.8. The van der Waals surface area contributed by atoms with Gasteiger partial charge in [-0.15, -0.1) is 0 Å². The molecule has 0 saturated heterocycles. The fourth-order valence-electron chi connectivity index (χ4n) is 3.45. The molecule has 9 heteroatoms. The van der Waals surface area contributed by atoms with Crippen molar-refractivity contribution in [3.63, 3.8) is 0 Å². The zero-order chi connectivity index (χ0) is 25.8. The highest BCUT2D eigenvalue weighted by Gasteiger charge is 2.28. The van der Waals surface area contributed by atoms with Gasteiger partial charge in [-0.3, -0.25) is 9.10 Å². The summed E-state index contributed by atoms with van der Waals surface area (Å²) in [4.78, 5) is 25.3. The molecule has 3 aromatic carbocycles. The molecule has 1 amide bonds. The van der Waals surface area contributed by atoms with Gasteiger partial charge in [0, 0.05) is 10.7 Å². The zero-order valence-corrected chi connectivity index (χ0v) is 21.5. The summed E-state index contributed by atoms with van der Waals surface area (Å²) in [5.74, 6) is -1.06. The van der Waals surface area contributed by atoms with Crippen LogP contribution < -0.4 is 9.62 Å². The average molecular weight is 515 g/mol. The Labute approximate surface area is 210 Å². The number of benzene rings is 3. The number of ether oxygens (including phenoxy) is 1. The highest BCUT2D eigenvalue weighted by Crippen LogP contribution is 2.27. The molecule has 0 unspecified atom stereocenters. The van der Waals surface area contributed by atoms with Crippen molar-refractivity contribution in [2.45, 2.75) is 32.6 Å². The monoisotopic (exact) mass is 514 g/mol. The van der Waals surface area contributed by atoms with E-state index in [0.717, 1.165) is 15.4 Å². The lowest BCUT2D eigenvalue weighted by Crippen LogP contribution is -2.38. The molecule has 0 radical (unpaired) electrons. The van der Waals surface area contributed by atoms with Gasteiger partial charge in [0.25, 0.3) is 10.0 Å². The van der Waals surface area contributed by atoms with Crippen LogP contribution in [0.3, 0.4) is 0 Å². The van der Waals surface area contributed by atoms with Gasteiger partial charge in [-0.1, -0.05) is 23.7 Å². The summed E-state index contributed by atoms with van der Waals surface area (Å²) < 4.78 is 33.2. The number of esters is 1. The Hall–Kier alpha value is -3.36. The highest BCUT2D eigenvalue weighted by atomic mass is 35.5. The van der Waals surface area contributed by atoms with E-state index in [4.69, 9.17) is 16.3 Å². The van der Waals surface area contributed by atoms with Gasteiger partial charge in [0.05, 0.1) is 22.8 Å². The van der Waals surface area contributed by atoms with Crippen molar-refractivity contribution in [1.29, 1.82) is 0 Å². The molecule has 0 aliphatic heterocycles. The van der Waals surface area contributed by atoms with E-state index in [9.17, 15) is 18.0 Å². The molecule has 0 saturated carbocycles. The first kappa shape index (κ1) is 26.2. The molecule has 3 aromatic rings. The molecule has 1 N–H and O–H groups in total. The lowest BCUT2D eigenvalue weighted by molar-refractivity contribution is -0.114. The second-order valence-electron chi connectivity index (χ2n) is 7.98. The molecule has 0 heterocycles. The number of carbonyl (C=O) groups is 2. The second kappa shape index (κ2) is 10.9. The van der Waals surface area contributed by atoms with Crippen molar-refractivity contribution in [2.24, 2.45) is 0 Å². The smallest absolute Gasteiger partial charge is 0.338 e. The van der Waals surface area contributed by atoms with E-state index in [1.165, 1.54) is 24.3 Å². The van der Waals surface area contributed by atoms with E-state index in [1.54, 1.807) is 50.2 Å². The molecule has 7 nitrogen and oxygen atoms in total. The largest absolute Gasteiger partial charge is 0.462 e. The maximum absolute atomic E-state index is 13.6. The summed E-state index contributed by atoms with van der Waals surface area (Å²) in [6.45, 7) is 6.94. The lowest BCUT2D eigenvalue weighted by atomic mass is 10.1. The molecular weight excluding hydrogens is 488 g/mol. The number of nitrogens with one attached hydrogen (secondary N) is 1. The van der Waals surface area contributed by atoms with Gasteiger partial charge < -0.3 is 10.1 Å². The third kappa shape index (κ3) is 6.01. The van der Waals surface area contributed by atoms with Crippen LogP contribution in [0.15, 0.2) is 65.6 Å². The molecule has 0 bridgehead atoms. The first-order valence-electron chi connectivity index (χ1n) is 11.0. The van der Waals surface area contributed by atoms with Crippen LogP contribution in [0.2, 0.25) is 5.02 Å². The number of hydrogen-bond acceptors (Lipinski definition) is 5. The van der Waals surface area contributed by atoms with Gasteiger partial charge >= 0.3 is 5.97 Å². The molecule has 0 aliphatic carbocycles. The fourth-order valence-corrected chi connectivity index (χ4v) is 4.99. The topological polar surface area (TPSA) is 92.8 Å². The molecule has 35 heavy (non-hydrogen) atoms. The van der Waals surface area contributed by atoms with Gasteiger partial charge in [0.1, 0.15) is 6.54 Å². The Balaban J connectivity index is 1.96. The number of hydrogen-bond donors (Lipinski definition) is 1. The van der Waals surface area contributed by atoms with Crippen molar-refractivity contribution in [2.75, 3.05) is 22.8 Å². The second-order valence-corrected chi connectivity index (χ2v) is 10.3. The van der Waals surface area contributed by atoms with Crippen molar-refractivity contribution >= 4 is 44.9 Å². The SMILES string of the molecule is CCOC(=O)c1cccc(NC(=O)CN(c2ccc(C)c(C)c2)S(=O)(=O)c2ccc(Cl)cc2)c1C. The molecule has 0 aromatic heterocycles. The predicted octanol–water partition coefficient (Wildman–Crippen LogP) is 5.28. The van der Waals surface area contributed by atoms with E-state index in [1.807, 2.05) is 13.8 Å². The first-order chi connectivity index (χ1) is 16.5. The van der Waals surface area contributed by atoms with Crippen molar-refractivity contribution in [3.8, 4) is 0 Å². The Morgan fingerprint density at radius 2 is 1.66 bits per heavy atom. The number of carbonyl (C=O) groups excluding carboxylic acids is 2. The van der Waals surface area contributed by atoms with E-state index in [-0.39, 0.29) is 11.5 Å². The molecule has 0 atom stereocenters. The zero-order valence-electron chi connectivity index (χ0n) is 20.0. The Morgan fingerprint density at radius 1 is 0.971 bits per heavy atom. The molecule has 0 fully saturated rings. The maximum Gasteiger partial charge on any atom is 0.338 e. The quantitative estimate of drug-likeness (QED) is 0.413. The predicted molar refractivity (Wildman–Crippen MR) is 138 cm³/mol. The van der Waals surface area contributed by atoms with Crippen molar-refractivity contribution < 1.29 is 22.7 Å². The van der Waals surface area contributed by atoms with Gasteiger partial charge in [-0.2, -0.15) is 0 Å². The number of amides is 1. The number of sulfonamides is 1. The van der Waals surface area contributed by atoms with Crippen LogP contribution in [-0.2, 0) is 19.6 Å². The third-order valence-corrected chi connectivity index (χ3v) is 7.61. The third-order valence-electron chi connectivity index (χ3n) is 5.57. The number of anilines is 2. The minimum absolute atomic E-state index is 0.00779. The van der Waals surface area contributed by atoms with Gasteiger partial charge in [-0.05, 0) is 92.9 Å². The standard InChI is InChI=1S/C26H27ClN2O5S/c1-5-34-26(31)23-7-6-8-24(19(23)4)28-25(30)16-29(21-12-9-17(2)18(3)15-21)35(32,33)22-13-10-20(27)11-14-22/h6-15H,5,16H2,1-4H3,(H,28,30). The highest BCUT2D eigenvalue weighted by molar-refractivity contribution is 7.92. The molecule has 184 valence electrons. The summed E-state index contributed by atoms with van der Waals surface area (Å²) in [7, 11) is -4.09. The maximum atomic E-state index is 13.6. The normalized spacial score (nSPS) is 11.1. The summed E-state index contributed by atoms with van der Waals surface area (Å²) in [5, 5.41) is 3.13. The van der Waals surface area contributed by atoms with Gasteiger partial charge in [0.15, 0.2) is 0 Å². The fraction of sp³-hybridized carbons (Fsp3) is 0.231. The minimum Gasteiger partial charge on any atom is -0.462 e. The summed E-state index contributed by atoms with van der Waals surface area (Å²) in [5.41, 5.74) is 3.48. The van der Waals surface area contributed by atoms with E-state index in [0.29, 0.717) is 27.5 Å².